The van der Waals surface area contributed by atoms with Crippen molar-refractivity contribution in [2.24, 2.45) is 29.6 Å². The minimum Gasteiger partial charge on any atom is -0.390 e. The SMILES string of the molecule is CC(C)C1CCCC(O)(CC2CC3CCC2C3)C1. The second-order valence-electron chi connectivity index (χ2n) is 7.96. The Balaban J connectivity index is 1.60. The third kappa shape index (κ3) is 2.48. The highest BCUT2D eigenvalue weighted by atomic mass is 16.3. The van der Waals surface area contributed by atoms with Crippen molar-refractivity contribution in [1.29, 1.82) is 0 Å². The summed E-state index contributed by atoms with van der Waals surface area (Å²) in [6.45, 7) is 4.65. The van der Waals surface area contributed by atoms with E-state index in [9.17, 15) is 5.11 Å². The van der Waals surface area contributed by atoms with E-state index in [1.165, 1.54) is 38.5 Å². The number of hydrogen-bond donors (Lipinski definition) is 1. The molecule has 104 valence electrons. The van der Waals surface area contributed by atoms with E-state index in [1.807, 2.05) is 0 Å². The van der Waals surface area contributed by atoms with Crippen LogP contribution in [0.15, 0.2) is 0 Å². The van der Waals surface area contributed by atoms with Crippen molar-refractivity contribution in [2.75, 3.05) is 0 Å². The van der Waals surface area contributed by atoms with Gasteiger partial charge in [0, 0.05) is 0 Å². The predicted molar refractivity (Wildman–Crippen MR) is 75.3 cm³/mol. The van der Waals surface area contributed by atoms with Crippen molar-refractivity contribution >= 4 is 0 Å². The molecule has 3 rings (SSSR count). The zero-order chi connectivity index (χ0) is 12.8. The van der Waals surface area contributed by atoms with Crippen LogP contribution in [0.25, 0.3) is 0 Å². The van der Waals surface area contributed by atoms with Gasteiger partial charge in [0.15, 0.2) is 0 Å². The Hall–Kier alpha value is -0.0400. The minimum absolute atomic E-state index is 0.303. The fourth-order valence-corrected chi connectivity index (χ4v) is 5.25. The van der Waals surface area contributed by atoms with Gasteiger partial charge in [-0.05, 0) is 74.5 Å². The molecule has 2 bridgehead atoms. The maximum Gasteiger partial charge on any atom is 0.0653 e. The van der Waals surface area contributed by atoms with Gasteiger partial charge in [-0.3, -0.25) is 0 Å². The molecule has 0 radical (unpaired) electrons. The number of hydrogen-bond acceptors (Lipinski definition) is 1. The standard InChI is InChI=1S/C17H30O/c1-12(2)15-4-3-7-17(18,10-15)11-16-9-13-5-6-14(16)8-13/h12-16,18H,3-11H2,1-2H3. The minimum atomic E-state index is -0.303. The van der Waals surface area contributed by atoms with Crippen molar-refractivity contribution in [3.63, 3.8) is 0 Å². The van der Waals surface area contributed by atoms with E-state index in [4.69, 9.17) is 0 Å². The summed E-state index contributed by atoms with van der Waals surface area (Å²) < 4.78 is 0. The highest BCUT2D eigenvalue weighted by Gasteiger charge is 2.44. The van der Waals surface area contributed by atoms with Crippen LogP contribution in [0.2, 0.25) is 0 Å². The monoisotopic (exact) mass is 250 g/mol. The smallest absolute Gasteiger partial charge is 0.0653 e. The molecule has 3 aliphatic rings. The number of aliphatic hydroxyl groups is 1. The average Bonchev–Trinajstić information content (AvgIpc) is 2.90. The molecule has 18 heavy (non-hydrogen) atoms. The van der Waals surface area contributed by atoms with Gasteiger partial charge in [-0.15, -0.1) is 0 Å². The van der Waals surface area contributed by atoms with Crippen molar-refractivity contribution in [3.8, 4) is 0 Å². The molecule has 0 saturated heterocycles. The molecule has 3 fully saturated rings. The van der Waals surface area contributed by atoms with Gasteiger partial charge in [-0.2, -0.15) is 0 Å². The second-order valence-corrected chi connectivity index (χ2v) is 7.96. The van der Waals surface area contributed by atoms with Crippen molar-refractivity contribution in [1.82, 2.24) is 0 Å². The van der Waals surface area contributed by atoms with Gasteiger partial charge in [0.25, 0.3) is 0 Å². The van der Waals surface area contributed by atoms with E-state index in [0.717, 1.165) is 48.9 Å². The zero-order valence-corrected chi connectivity index (χ0v) is 12.2. The van der Waals surface area contributed by atoms with Gasteiger partial charge in [-0.25, -0.2) is 0 Å². The highest BCUT2D eigenvalue weighted by Crippen LogP contribution is 2.52. The quantitative estimate of drug-likeness (QED) is 0.787. The van der Waals surface area contributed by atoms with E-state index in [0.29, 0.717) is 0 Å². The van der Waals surface area contributed by atoms with Gasteiger partial charge >= 0.3 is 0 Å². The topological polar surface area (TPSA) is 20.2 Å². The zero-order valence-electron chi connectivity index (χ0n) is 12.2. The first-order chi connectivity index (χ1) is 8.56. The maximum atomic E-state index is 11.0. The summed E-state index contributed by atoms with van der Waals surface area (Å²) in [7, 11) is 0. The lowest BCUT2D eigenvalue weighted by molar-refractivity contribution is -0.0480. The second kappa shape index (κ2) is 4.81. The number of rotatable bonds is 3. The normalized spacial score (nSPS) is 48.0. The molecule has 1 heteroatoms. The lowest BCUT2D eigenvalue weighted by Crippen LogP contribution is -2.39. The molecule has 0 aromatic carbocycles. The van der Waals surface area contributed by atoms with E-state index >= 15 is 0 Å². The molecule has 0 aromatic rings. The molecule has 0 aromatic heterocycles. The van der Waals surface area contributed by atoms with E-state index < -0.39 is 0 Å². The van der Waals surface area contributed by atoms with Crippen LogP contribution >= 0.6 is 0 Å². The Labute approximate surface area is 112 Å². The summed E-state index contributed by atoms with van der Waals surface area (Å²) in [4.78, 5) is 0. The summed E-state index contributed by atoms with van der Waals surface area (Å²) >= 11 is 0. The largest absolute Gasteiger partial charge is 0.390 e. The Morgan fingerprint density at radius 3 is 2.61 bits per heavy atom. The molecule has 5 unspecified atom stereocenters. The van der Waals surface area contributed by atoms with Gasteiger partial charge < -0.3 is 5.11 Å². The first-order valence-corrected chi connectivity index (χ1v) is 8.28. The molecule has 0 aliphatic heterocycles. The summed E-state index contributed by atoms with van der Waals surface area (Å²) in [5, 5.41) is 11.0. The average molecular weight is 250 g/mol. The molecular formula is C17H30O. The van der Waals surface area contributed by atoms with Gasteiger partial charge in [0.2, 0.25) is 0 Å². The summed E-state index contributed by atoms with van der Waals surface area (Å²) in [6, 6.07) is 0. The Kier molecular flexibility index (Phi) is 3.47. The molecule has 0 amide bonds. The van der Waals surface area contributed by atoms with Crippen molar-refractivity contribution in [3.05, 3.63) is 0 Å². The first kappa shape index (κ1) is 13.0. The number of fused-ring (bicyclic) bond motifs is 2. The maximum absolute atomic E-state index is 11.0. The Morgan fingerprint density at radius 1 is 1.17 bits per heavy atom. The van der Waals surface area contributed by atoms with Crippen molar-refractivity contribution in [2.45, 2.75) is 77.2 Å². The fraction of sp³-hybridized carbons (Fsp3) is 1.00. The molecule has 3 saturated carbocycles. The lowest BCUT2D eigenvalue weighted by Gasteiger charge is -2.41. The van der Waals surface area contributed by atoms with Crippen LogP contribution in [0.4, 0.5) is 0 Å². The Morgan fingerprint density at radius 2 is 2.00 bits per heavy atom. The summed E-state index contributed by atoms with van der Waals surface area (Å²) in [6.07, 6.45) is 11.7. The van der Waals surface area contributed by atoms with E-state index in [-0.39, 0.29) is 5.60 Å². The van der Waals surface area contributed by atoms with Crippen LogP contribution in [0.1, 0.15) is 71.6 Å². The molecule has 5 atom stereocenters. The fourth-order valence-electron chi connectivity index (χ4n) is 5.25. The van der Waals surface area contributed by atoms with Gasteiger partial charge in [0.1, 0.15) is 0 Å². The van der Waals surface area contributed by atoms with Crippen LogP contribution < -0.4 is 0 Å². The molecule has 3 aliphatic carbocycles. The van der Waals surface area contributed by atoms with Crippen LogP contribution in [0.5, 0.6) is 0 Å². The predicted octanol–water partition coefficient (Wildman–Crippen LogP) is 4.39. The van der Waals surface area contributed by atoms with Gasteiger partial charge in [-0.1, -0.05) is 26.7 Å². The van der Waals surface area contributed by atoms with Crippen molar-refractivity contribution < 1.29 is 5.11 Å². The van der Waals surface area contributed by atoms with Crippen LogP contribution in [-0.4, -0.2) is 10.7 Å². The molecule has 1 nitrogen and oxygen atoms in total. The third-order valence-electron chi connectivity index (χ3n) is 6.33. The molecule has 0 heterocycles. The lowest BCUT2D eigenvalue weighted by atomic mass is 9.69. The summed E-state index contributed by atoms with van der Waals surface area (Å²) in [5.41, 5.74) is -0.303. The van der Waals surface area contributed by atoms with Crippen LogP contribution in [-0.2, 0) is 0 Å². The molecule has 0 spiro atoms. The van der Waals surface area contributed by atoms with E-state index in [2.05, 4.69) is 13.8 Å². The van der Waals surface area contributed by atoms with Gasteiger partial charge in [0.05, 0.1) is 5.60 Å². The Bertz CT molecular complexity index is 298. The van der Waals surface area contributed by atoms with Crippen LogP contribution in [0, 0.1) is 29.6 Å². The molecule has 1 N–H and O–H groups in total. The van der Waals surface area contributed by atoms with E-state index in [1.54, 1.807) is 0 Å². The first-order valence-electron chi connectivity index (χ1n) is 8.28. The van der Waals surface area contributed by atoms with Crippen LogP contribution in [0.3, 0.4) is 0 Å². The summed E-state index contributed by atoms with van der Waals surface area (Å²) in [5.74, 6) is 4.37. The molecular weight excluding hydrogens is 220 g/mol. The highest BCUT2D eigenvalue weighted by molar-refractivity contribution is 4.96. The third-order valence-corrected chi connectivity index (χ3v) is 6.33.